The number of aliphatic hydroxyl groups excluding tert-OH is 4. The van der Waals surface area contributed by atoms with Crippen LogP contribution in [-0.2, 0) is 28.5 Å². The molecule has 0 aromatic heterocycles. The Hall–Kier alpha value is -1.18. The van der Waals surface area contributed by atoms with E-state index >= 15 is 0 Å². The van der Waals surface area contributed by atoms with Crippen molar-refractivity contribution in [2.45, 2.75) is 81.9 Å². The minimum atomic E-state index is -1.59. The monoisotopic (exact) mass is 407 g/mol. The van der Waals surface area contributed by atoms with Gasteiger partial charge >= 0.3 is 0 Å². The predicted octanol–water partition coefficient (Wildman–Crippen LogP) is -2.93. The highest BCUT2D eigenvalue weighted by molar-refractivity contribution is 5.81. The van der Waals surface area contributed by atoms with Crippen LogP contribution in [0.15, 0.2) is 0 Å². The molecule has 0 radical (unpaired) electrons. The van der Waals surface area contributed by atoms with E-state index in [4.69, 9.17) is 18.9 Å². The molecule has 10 atom stereocenters. The van der Waals surface area contributed by atoms with Crippen LogP contribution >= 0.6 is 0 Å². The number of ether oxygens (including phenoxy) is 4. The van der Waals surface area contributed by atoms with Crippen LogP contribution in [0.4, 0.5) is 0 Å². The first-order valence-corrected chi connectivity index (χ1v) is 9.04. The van der Waals surface area contributed by atoms with Crippen LogP contribution in [0.1, 0.15) is 20.8 Å². The number of rotatable bonds is 6. The summed E-state index contributed by atoms with van der Waals surface area (Å²) >= 11 is 0. The predicted molar refractivity (Wildman–Crippen MR) is 92.1 cm³/mol. The Morgan fingerprint density at radius 3 is 2.18 bits per heavy atom. The molecule has 11 heteroatoms. The first kappa shape index (κ1) is 23.1. The Balaban J connectivity index is 2.26. The molecule has 4 unspecified atom stereocenters. The third kappa shape index (κ3) is 4.69. The average molecular weight is 407 g/mol. The molecule has 0 saturated carbocycles. The molecule has 2 aliphatic rings. The van der Waals surface area contributed by atoms with Crippen LogP contribution in [0.2, 0.25) is 0 Å². The maximum absolute atomic E-state index is 11.9. The molecule has 2 saturated heterocycles. The van der Waals surface area contributed by atoms with Gasteiger partial charge < -0.3 is 44.7 Å². The van der Waals surface area contributed by atoms with Gasteiger partial charge in [0, 0.05) is 14.0 Å². The quantitative estimate of drug-likeness (QED) is 0.308. The molecule has 2 fully saturated rings. The molecule has 0 bridgehead atoms. The largest absolute Gasteiger partial charge is 0.394 e. The van der Waals surface area contributed by atoms with E-state index < -0.39 is 79.5 Å². The Kier molecular flexibility index (Phi) is 7.88. The number of hydrogen-bond acceptors (Lipinski definition) is 10. The number of hydrogen-bond donors (Lipinski definition) is 5. The maximum atomic E-state index is 11.9. The Labute approximate surface area is 162 Å². The lowest BCUT2D eigenvalue weighted by atomic mass is 9.92. The number of methoxy groups -OCH3 is 1. The highest BCUT2D eigenvalue weighted by Crippen LogP contribution is 2.30. The van der Waals surface area contributed by atoms with Gasteiger partial charge in [-0.2, -0.15) is 0 Å². The maximum Gasteiger partial charge on any atom is 0.217 e. The smallest absolute Gasteiger partial charge is 0.217 e. The summed E-state index contributed by atoms with van der Waals surface area (Å²) in [4.78, 5) is 23.4. The molecule has 2 aliphatic heterocycles. The molecule has 0 spiro atoms. The van der Waals surface area contributed by atoms with Gasteiger partial charge in [0.25, 0.3) is 0 Å². The first-order valence-electron chi connectivity index (χ1n) is 9.04. The lowest BCUT2D eigenvalue weighted by Gasteiger charge is -2.47. The zero-order valence-corrected chi connectivity index (χ0v) is 16.2. The SMILES string of the molecule is CO[C@H]1C(O)C(O)[C@@H](O[C@@H]2C(NC(C)=O)[C@H](C)OC(CO)[C@@H]2O)O[C@@H]1C(C)=O. The van der Waals surface area contributed by atoms with Crippen LogP contribution in [-0.4, -0.2) is 107 Å². The first-order chi connectivity index (χ1) is 13.1. The molecule has 0 aromatic carbocycles. The molecular weight excluding hydrogens is 378 g/mol. The molecule has 5 N–H and O–H groups in total. The molecule has 162 valence electrons. The normalized spacial score (nSPS) is 44.1. The fourth-order valence-electron chi connectivity index (χ4n) is 3.58. The molecule has 11 nitrogen and oxygen atoms in total. The summed E-state index contributed by atoms with van der Waals surface area (Å²) in [5.74, 6) is -0.853. The van der Waals surface area contributed by atoms with Gasteiger partial charge in [-0.1, -0.05) is 0 Å². The second kappa shape index (κ2) is 9.55. The summed E-state index contributed by atoms with van der Waals surface area (Å²) in [6, 6.07) is -0.834. The van der Waals surface area contributed by atoms with Crippen molar-refractivity contribution >= 4 is 11.7 Å². The van der Waals surface area contributed by atoms with Crippen LogP contribution in [0.25, 0.3) is 0 Å². The highest BCUT2D eigenvalue weighted by Gasteiger charge is 2.51. The van der Waals surface area contributed by atoms with Gasteiger partial charge in [-0.3, -0.25) is 9.59 Å². The number of Topliss-reactive ketones (excluding diaryl/α,β-unsaturated/α-hetero) is 1. The van der Waals surface area contributed by atoms with Crippen molar-refractivity contribution < 1.29 is 49.0 Å². The van der Waals surface area contributed by atoms with E-state index in [2.05, 4.69) is 5.32 Å². The molecule has 1 amide bonds. The Morgan fingerprint density at radius 2 is 1.68 bits per heavy atom. The molecule has 2 heterocycles. The van der Waals surface area contributed by atoms with Crippen molar-refractivity contribution in [1.29, 1.82) is 0 Å². The van der Waals surface area contributed by atoms with E-state index in [1.54, 1.807) is 6.92 Å². The van der Waals surface area contributed by atoms with Crippen molar-refractivity contribution in [3.05, 3.63) is 0 Å². The van der Waals surface area contributed by atoms with Crippen molar-refractivity contribution in [3.8, 4) is 0 Å². The number of amides is 1. The number of nitrogens with one attached hydrogen (secondary N) is 1. The second-order valence-electron chi connectivity index (χ2n) is 7.10. The molecule has 2 rings (SSSR count). The number of aliphatic hydroxyl groups is 4. The van der Waals surface area contributed by atoms with Gasteiger partial charge in [0.15, 0.2) is 12.1 Å². The number of carbonyl (C=O) groups is 2. The minimum absolute atomic E-state index is 0.407. The second-order valence-corrected chi connectivity index (χ2v) is 7.10. The van der Waals surface area contributed by atoms with Gasteiger partial charge in [0.2, 0.25) is 5.91 Å². The minimum Gasteiger partial charge on any atom is -0.394 e. The number of ketones is 1. The third-order valence-electron chi connectivity index (χ3n) is 5.03. The summed E-state index contributed by atoms with van der Waals surface area (Å²) < 4.78 is 21.8. The summed E-state index contributed by atoms with van der Waals surface area (Å²) in [6.45, 7) is 3.64. The van der Waals surface area contributed by atoms with E-state index in [1.165, 1.54) is 21.0 Å². The molecule has 28 heavy (non-hydrogen) atoms. The van der Waals surface area contributed by atoms with Gasteiger partial charge in [-0.05, 0) is 13.8 Å². The molecule has 0 aliphatic carbocycles. The topological polar surface area (TPSA) is 164 Å². The van der Waals surface area contributed by atoms with Crippen molar-refractivity contribution in [2.75, 3.05) is 13.7 Å². The standard InChI is InChI=1S/C17H29NO10/c1-6(20)14-16(25-4)12(23)13(24)17(27-14)28-15-10(18-8(3)21)7(2)26-9(5-19)11(15)22/h7,9-17,19,22-24H,5H2,1-4H3,(H,18,21)/t7-,9?,10?,11-,12?,13?,14+,15+,16-,17+/m0/s1. The summed E-state index contributed by atoms with van der Waals surface area (Å²) in [6.07, 6.45) is -11.0. The summed E-state index contributed by atoms with van der Waals surface area (Å²) in [5.41, 5.74) is 0. The fourth-order valence-corrected chi connectivity index (χ4v) is 3.58. The van der Waals surface area contributed by atoms with Crippen LogP contribution < -0.4 is 5.32 Å². The van der Waals surface area contributed by atoms with Crippen molar-refractivity contribution in [2.24, 2.45) is 0 Å². The lowest BCUT2D eigenvalue weighted by molar-refractivity contribution is -0.325. The fraction of sp³-hybridized carbons (Fsp3) is 0.882. The lowest BCUT2D eigenvalue weighted by Crippen LogP contribution is -2.67. The van der Waals surface area contributed by atoms with Gasteiger partial charge in [0.1, 0.15) is 42.7 Å². The van der Waals surface area contributed by atoms with E-state index in [-0.39, 0.29) is 0 Å². The van der Waals surface area contributed by atoms with Gasteiger partial charge in [-0.15, -0.1) is 0 Å². The van der Waals surface area contributed by atoms with E-state index in [1.807, 2.05) is 0 Å². The third-order valence-corrected chi connectivity index (χ3v) is 5.03. The Bertz CT molecular complexity index is 560. The molecule has 0 aromatic rings. The average Bonchev–Trinajstić information content (AvgIpc) is 2.63. The Morgan fingerprint density at radius 1 is 1.04 bits per heavy atom. The van der Waals surface area contributed by atoms with E-state index in [0.29, 0.717) is 0 Å². The molecular formula is C17H29NO10. The van der Waals surface area contributed by atoms with E-state index in [9.17, 15) is 30.0 Å². The van der Waals surface area contributed by atoms with Crippen LogP contribution in [0, 0.1) is 0 Å². The zero-order chi connectivity index (χ0) is 21.2. The van der Waals surface area contributed by atoms with Crippen LogP contribution in [0.3, 0.4) is 0 Å². The van der Waals surface area contributed by atoms with Gasteiger partial charge in [-0.25, -0.2) is 0 Å². The van der Waals surface area contributed by atoms with Crippen molar-refractivity contribution in [3.63, 3.8) is 0 Å². The summed E-state index contributed by atoms with van der Waals surface area (Å²) in [5, 5.41) is 43.2. The summed E-state index contributed by atoms with van der Waals surface area (Å²) in [7, 11) is 1.27. The highest BCUT2D eigenvalue weighted by atomic mass is 16.7. The van der Waals surface area contributed by atoms with Crippen LogP contribution in [0.5, 0.6) is 0 Å². The zero-order valence-electron chi connectivity index (χ0n) is 16.2. The number of carbonyl (C=O) groups excluding carboxylic acids is 2. The van der Waals surface area contributed by atoms with Crippen molar-refractivity contribution in [1.82, 2.24) is 5.32 Å². The van der Waals surface area contributed by atoms with E-state index in [0.717, 1.165) is 0 Å². The van der Waals surface area contributed by atoms with Gasteiger partial charge in [0.05, 0.1) is 18.8 Å².